The van der Waals surface area contributed by atoms with E-state index in [1.165, 1.54) is 5.56 Å². The first-order valence-electron chi connectivity index (χ1n) is 10.0. The lowest BCUT2D eigenvalue weighted by Gasteiger charge is -2.22. The van der Waals surface area contributed by atoms with Crippen molar-refractivity contribution in [3.8, 4) is 0 Å². The molecule has 1 atom stereocenters. The van der Waals surface area contributed by atoms with Crippen LogP contribution in [0.25, 0.3) is 0 Å². The normalized spacial score (nSPS) is 17.5. The number of hydrogen-bond acceptors (Lipinski definition) is 3. The highest BCUT2D eigenvalue weighted by molar-refractivity contribution is 7.89. The number of guanidine groups is 1. The van der Waals surface area contributed by atoms with Crippen molar-refractivity contribution >= 4 is 16.0 Å². The topological polar surface area (TPSA) is 73.8 Å². The van der Waals surface area contributed by atoms with Crippen LogP contribution in [-0.2, 0) is 16.4 Å². The number of sulfonamides is 1. The lowest BCUT2D eigenvalue weighted by molar-refractivity contribution is 0.460. The molecule has 0 spiro atoms. The van der Waals surface area contributed by atoms with Crippen molar-refractivity contribution in [1.29, 1.82) is 0 Å². The van der Waals surface area contributed by atoms with Gasteiger partial charge in [0.25, 0.3) is 0 Å². The van der Waals surface area contributed by atoms with Gasteiger partial charge in [-0.05, 0) is 43.4 Å². The summed E-state index contributed by atoms with van der Waals surface area (Å²) >= 11 is 0. The summed E-state index contributed by atoms with van der Waals surface area (Å²) < 4.78 is 27.3. The van der Waals surface area contributed by atoms with E-state index in [-0.39, 0.29) is 4.90 Å². The van der Waals surface area contributed by atoms with Crippen LogP contribution in [0, 0.1) is 12.8 Å². The number of aliphatic imine (C=N–C) groups is 1. The highest BCUT2D eigenvalue weighted by Gasteiger charge is 2.25. The van der Waals surface area contributed by atoms with Gasteiger partial charge in [-0.15, -0.1) is 0 Å². The van der Waals surface area contributed by atoms with Gasteiger partial charge in [0, 0.05) is 33.2 Å². The van der Waals surface area contributed by atoms with E-state index in [9.17, 15) is 8.42 Å². The zero-order valence-corrected chi connectivity index (χ0v) is 18.0. The maximum Gasteiger partial charge on any atom is 0.240 e. The van der Waals surface area contributed by atoms with Gasteiger partial charge in [0.05, 0.1) is 4.90 Å². The Kier molecular flexibility index (Phi) is 7.28. The third kappa shape index (κ3) is 6.05. The molecule has 2 aromatic rings. The number of rotatable bonds is 7. The fourth-order valence-electron chi connectivity index (χ4n) is 3.63. The van der Waals surface area contributed by atoms with E-state index in [0.29, 0.717) is 19.0 Å². The van der Waals surface area contributed by atoms with Crippen LogP contribution in [0.4, 0.5) is 0 Å². The van der Waals surface area contributed by atoms with Gasteiger partial charge in [0.1, 0.15) is 0 Å². The van der Waals surface area contributed by atoms with Crippen LogP contribution < -0.4 is 10.0 Å². The molecule has 1 fully saturated rings. The second-order valence-corrected chi connectivity index (χ2v) is 9.24. The Morgan fingerprint density at radius 1 is 1.10 bits per heavy atom. The molecule has 0 amide bonds. The van der Waals surface area contributed by atoms with Gasteiger partial charge < -0.3 is 10.2 Å². The van der Waals surface area contributed by atoms with Crippen LogP contribution in [0.15, 0.2) is 64.5 Å². The molecule has 1 saturated heterocycles. The van der Waals surface area contributed by atoms with Crippen LogP contribution >= 0.6 is 0 Å². The summed E-state index contributed by atoms with van der Waals surface area (Å²) in [5.41, 5.74) is 2.40. The lowest BCUT2D eigenvalue weighted by Crippen LogP contribution is -2.43. The Hall–Kier alpha value is -2.38. The minimum absolute atomic E-state index is 0.288. The maximum atomic E-state index is 12.4. The van der Waals surface area contributed by atoms with Gasteiger partial charge in [0.15, 0.2) is 5.96 Å². The van der Waals surface area contributed by atoms with Crippen LogP contribution in [-0.4, -0.2) is 52.5 Å². The van der Waals surface area contributed by atoms with E-state index in [0.717, 1.165) is 37.5 Å². The fraction of sp³-hybridized carbons (Fsp3) is 0.409. The number of hydrogen-bond donors (Lipinski definition) is 2. The number of aryl methyl sites for hydroxylation is 1. The number of benzene rings is 2. The molecule has 156 valence electrons. The predicted octanol–water partition coefficient (Wildman–Crippen LogP) is 2.41. The number of nitrogens with one attached hydrogen (secondary N) is 2. The van der Waals surface area contributed by atoms with E-state index in [2.05, 4.69) is 44.2 Å². The van der Waals surface area contributed by atoms with Gasteiger partial charge in [0.2, 0.25) is 10.0 Å². The Morgan fingerprint density at radius 2 is 1.83 bits per heavy atom. The minimum atomic E-state index is -3.49. The van der Waals surface area contributed by atoms with Crippen LogP contribution in [0.2, 0.25) is 0 Å². The lowest BCUT2D eigenvalue weighted by atomic mass is 9.99. The van der Waals surface area contributed by atoms with Gasteiger partial charge in [-0.3, -0.25) is 4.99 Å². The largest absolute Gasteiger partial charge is 0.355 e. The second kappa shape index (κ2) is 9.89. The van der Waals surface area contributed by atoms with Crippen molar-refractivity contribution in [2.24, 2.45) is 10.9 Å². The number of nitrogens with zero attached hydrogens (tertiary/aromatic N) is 2. The molecule has 1 unspecified atom stereocenters. The van der Waals surface area contributed by atoms with E-state index in [4.69, 9.17) is 0 Å². The van der Waals surface area contributed by atoms with Gasteiger partial charge in [-0.2, -0.15) is 0 Å². The molecule has 29 heavy (non-hydrogen) atoms. The molecule has 0 bridgehead atoms. The van der Waals surface area contributed by atoms with Gasteiger partial charge >= 0.3 is 0 Å². The summed E-state index contributed by atoms with van der Waals surface area (Å²) in [5.74, 6) is 1.44. The van der Waals surface area contributed by atoms with Crippen molar-refractivity contribution in [2.75, 3.05) is 33.2 Å². The monoisotopic (exact) mass is 414 g/mol. The van der Waals surface area contributed by atoms with Crippen LogP contribution in [0.1, 0.15) is 17.5 Å². The molecule has 0 aromatic heterocycles. The Morgan fingerprint density at radius 3 is 2.52 bits per heavy atom. The van der Waals surface area contributed by atoms with Crippen LogP contribution in [0.5, 0.6) is 0 Å². The molecule has 6 nitrogen and oxygen atoms in total. The Bertz CT molecular complexity index is 912. The highest BCUT2D eigenvalue weighted by atomic mass is 32.2. The Balaban J connectivity index is 1.44. The molecule has 7 heteroatoms. The molecule has 0 saturated carbocycles. The minimum Gasteiger partial charge on any atom is -0.355 e. The summed E-state index contributed by atoms with van der Waals surface area (Å²) in [6.45, 7) is 4.65. The third-order valence-electron chi connectivity index (χ3n) is 5.20. The zero-order valence-electron chi connectivity index (χ0n) is 17.1. The van der Waals surface area contributed by atoms with Gasteiger partial charge in [-0.25, -0.2) is 13.1 Å². The first-order chi connectivity index (χ1) is 14.0. The molecular formula is C22H30N4O2S. The van der Waals surface area contributed by atoms with E-state index < -0.39 is 10.0 Å². The van der Waals surface area contributed by atoms with Crippen molar-refractivity contribution < 1.29 is 8.42 Å². The quantitative estimate of drug-likeness (QED) is 0.415. The molecule has 2 aromatic carbocycles. The second-order valence-electron chi connectivity index (χ2n) is 7.48. The molecule has 1 aliphatic heterocycles. The number of likely N-dealkylation sites (tertiary alicyclic amines) is 1. The van der Waals surface area contributed by atoms with Crippen molar-refractivity contribution in [3.63, 3.8) is 0 Å². The van der Waals surface area contributed by atoms with Gasteiger partial charge in [-0.1, -0.05) is 48.0 Å². The summed E-state index contributed by atoms with van der Waals surface area (Å²) in [7, 11) is -1.72. The standard InChI is InChI=1S/C22H30N4O2S/c1-18-8-10-21(11-9-18)29(27,28)25-14-13-24-22(23-2)26-15-12-20(17-26)16-19-6-4-3-5-7-19/h3-11,20,25H,12-17H2,1-2H3,(H,23,24). The summed E-state index contributed by atoms with van der Waals surface area (Å²) in [6, 6.07) is 17.4. The maximum absolute atomic E-state index is 12.4. The molecule has 2 N–H and O–H groups in total. The van der Waals surface area contributed by atoms with E-state index >= 15 is 0 Å². The smallest absolute Gasteiger partial charge is 0.240 e. The van der Waals surface area contributed by atoms with E-state index in [1.54, 1.807) is 31.3 Å². The highest BCUT2D eigenvalue weighted by Crippen LogP contribution is 2.20. The van der Waals surface area contributed by atoms with Crippen LogP contribution in [0.3, 0.4) is 0 Å². The van der Waals surface area contributed by atoms with Crippen molar-refractivity contribution in [2.45, 2.75) is 24.7 Å². The first-order valence-corrected chi connectivity index (χ1v) is 11.5. The van der Waals surface area contributed by atoms with Crippen molar-refractivity contribution in [1.82, 2.24) is 14.9 Å². The Labute approximate surface area is 174 Å². The molecule has 0 radical (unpaired) electrons. The summed E-state index contributed by atoms with van der Waals surface area (Å²) in [5, 5.41) is 3.28. The average molecular weight is 415 g/mol. The molecule has 0 aliphatic carbocycles. The predicted molar refractivity (Wildman–Crippen MR) is 118 cm³/mol. The SMILES string of the molecule is CN=C(NCCNS(=O)(=O)c1ccc(C)cc1)N1CCC(Cc2ccccc2)C1. The third-order valence-corrected chi connectivity index (χ3v) is 6.67. The average Bonchev–Trinajstić information content (AvgIpc) is 3.17. The molecule has 1 heterocycles. The summed E-state index contributed by atoms with van der Waals surface area (Å²) in [4.78, 5) is 6.91. The van der Waals surface area contributed by atoms with Crippen molar-refractivity contribution in [3.05, 3.63) is 65.7 Å². The molecular weight excluding hydrogens is 384 g/mol. The summed E-state index contributed by atoms with van der Waals surface area (Å²) in [6.07, 6.45) is 2.21. The molecule has 3 rings (SSSR count). The zero-order chi connectivity index (χ0) is 20.7. The fourth-order valence-corrected chi connectivity index (χ4v) is 4.66. The molecule has 1 aliphatic rings. The van der Waals surface area contributed by atoms with E-state index in [1.807, 2.05) is 13.0 Å². The first kappa shape index (κ1) is 21.3.